The Morgan fingerprint density at radius 3 is 2.74 bits per heavy atom. The van der Waals surface area contributed by atoms with Crippen molar-refractivity contribution in [1.82, 2.24) is 29.8 Å². The molecule has 1 saturated heterocycles. The molecule has 0 atom stereocenters. The van der Waals surface area contributed by atoms with E-state index in [1.54, 1.807) is 22.3 Å². The van der Waals surface area contributed by atoms with Crippen LogP contribution in [-0.4, -0.2) is 63.5 Å². The molecular weight excluding hydrogens is 468 g/mol. The standard InChI is InChI=1S/C22H20ClF2N7O2/c1-26-21(33)13-3-5-15(20(25)27-13)31-8-6-30(7-9-31)11-12-2-4-14-19(18(12)24)28-22(34)16-10-17(23)29-32(14)16/h2-5,10H,6-9,11H2,1H3,(H,26,33)(H,28,34)/i1D3. The molecule has 0 unspecified atom stereocenters. The van der Waals surface area contributed by atoms with E-state index in [0.717, 1.165) is 0 Å². The Hall–Kier alpha value is -3.57. The number of aromatic amines is 1. The summed E-state index contributed by atoms with van der Waals surface area (Å²) in [5, 5.41) is 5.96. The Labute approximate surface area is 201 Å². The predicted octanol–water partition coefficient (Wildman–Crippen LogP) is 2.18. The van der Waals surface area contributed by atoms with Crippen LogP contribution >= 0.6 is 11.6 Å². The quantitative estimate of drug-likeness (QED) is 0.425. The maximum atomic E-state index is 15.3. The highest BCUT2D eigenvalue weighted by Crippen LogP contribution is 2.24. The fraction of sp³-hybridized carbons (Fsp3) is 0.273. The van der Waals surface area contributed by atoms with Crippen LogP contribution in [-0.2, 0) is 6.54 Å². The fourth-order valence-corrected chi connectivity index (χ4v) is 4.32. The molecule has 9 nitrogen and oxygen atoms in total. The lowest BCUT2D eigenvalue weighted by atomic mass is 10.1. The number of nitrogens with one attached hydrogen (secondary N) is 2. The van der Waals surface area contributed by atoms with Gasteiger partial charge in [0.1, 0.15) is 16.7 Å². The van der Waals surface area contributed by atoms with E-state index in [9.17, 15) is 14.0 Å². The molecule has 1 amide bonds. The second kappa shape index (κ2) is 8.65. The Morgan fingerprint density at radius 2 is 2.00 bits per heavy atom. The number of H-pyrrole nitrogens is 1. The maximum Gasteiger partial charge on any atom is 0.274 e. The van der Waals surface area contributed by atoms with E-state index < -0.39 is 30.2 Å². The van der Waals surface area contributed by atoms with Gasteiger partial charge in [0.2, 0.25) is 5.95 Å². The van der Waals surface area contributed by atoms with Crippen molar-refractivity contribution in [3.05, 3.63) is 68.9 Å². The van der Waals surface area contributed by atoms with E-state index >= 15 is 4.39 Å². The van der Waals surface area contributed by atoms with Crippen LogP contribution in [0.1, 0.15) is 20.2 Å². The number of hydrogen-bond acceptors (Lipinski definition) is 6. The summed E-state index contributed by atoms with van der Waals surface area (Å²) in [6.07, 6.45) is 0. The molecule has 0 saturated carbocycles. The SMILES string of the molecule is [2H]C([2H])([2H])NC(=O)c1ccc(N2CCN(Cc3ccc4c([nH]c(=O)c5cc(Cl)nn54)c3F)CC2)c(F)n1. The minimum Gasteiger partial charge on any atom is -0.365 e. The van der Waals surface area contributed by atoms with Gasteiger partial charge in [0, 0.05) is 55.4 Å². The number of anilines is 1. The smallest absolute Gasteiger partial charge is 0.274 e. The summed E-state index contributed by atoms with van der Waals surface area (Å²) < 4.78 is 52.5. The lowest BCUT2D eigenvalue weighted by Crippen LogP contribution is -2.46. The first-order chi connectivity index (χ1) is 17.5. The molecule has 176 valence electrons. The van der Waals surface area contributed by atoms with Crippen LogP contribution in [0.25, 0.3) is 16.6 Å². The molecule has 1 aliphatic rings. The molecule has 0 spiro atoms. The van der Waals surface area contributed by atoms with Gasteiger partial charge in [-0.2, -0.15) is 9.49 Å². The molecule has 1 aliphatic heterocycles. The minimum atomic E-state index is -2.71. The van der Waals surface area contributed by atoms with Gasteiger partial charge in [-0.15, -0.1) is 0 Å². The van der Waals surface area contributed by atoms with Gasteiger partial charge in [-0.25, -0.2) is 13.9 Å². The zero-order valence-corrected chi connectivity index (χ0v) is 18.4. The molecule has 4 heterocycles. The van der Waals surface area contributed by atoms with Crippen LogP contribution in [0.3, 0.4) is 0 Å². The van der Waals surface area contributed by atoms with Crippen molar-refractivity contribution in [2.45, 2.75) is 6.54 Å². The van der Waals surface area contributed by atoms with Gasteiger partial charge in [0.25, 0.3) is 11.5 Å². The summed E-state index contributed by atoms with van der Waals surface area (Å²) in [6, 6.07) is 7.35. The molecule has 12 heteroatoms. The molecular formula is C22H20ClF2N7O2. The largest absolute Gasteiger partial charge is 0.365 e. The minimum absolute atomic E-state index is 0.0316. The van der Waals surface area contributed by atoms with Gasteiger partial charge >= 0.3 is 0 Å². The number of fused-ring (bicyclic) bond motifs is 3. The zero-order valence-electron chi connectivity index (χ0n) is 20.6. The van der Waals surface area contributed by atoms with Gasteiger partial charge in [-0.1, -0.05) is 17.7 Å². The predicted molar refractivity (Wildman–Crippen MR) is 123 cm³/mol. The highest BCUT2D eigenvalue weighted by Gasteiger charge is 2.23. The van der Waals surface area contributed by atoms with E-state index in [2.05, 4.69) is 15.1 Å². The van der Waals surface area contributed by atoms with Crippen LogP contribution in [0.15, 0.2) is 35.1 Å². The van der Waals surface area contributed by atoms with Crippen LogP contribution < -0.4 is 15.8 Å². The van der Waals surface area contributed by atoms with E-state index in [1.165, 1.54) is 22.7 Å². The number of rotatable bonds is 4. The first-order valence-electron chi connectivity index (χ1n) is 11.9. The molecule has 0 radical (unpaired) electrons. The van der Waals surface area contributed by atoms with E-state index in [0.29, 0.717) is 37.3 Å². The van der Waals surface area contributed by atoms with Crippen molar-refractivity contribution >= 4 is 39.7 Å². The Bertz CT molecular complexity index is 1580. The average Bonchev–Trinajstić information content (AvgIpc) is 3.23. The number of halogens is 3. The van der Waals surface area contributed by atoms with Crippen molar-refractivity contribution in [2.75, 3.05) is 38.1 Å². The summed E-state index contributed by atoms with van der Waals surface area (Å²) in [6.45, 7) is -0.631. The third kappa shape index (κ3) is 3.86. The monoisotopic (exact) mass is 490 g/mol. The molecule has 2 N–H and O–H groups in total. The third-order valence-corrected chi connectivity index (χ3v) is 6.05. The molecule has 4 aromatic rings. The lowest BCUT2D eigenvalue weighted by Gasteiger charge is -2.36. The Balaban J connectivity index is 1.28. The summed E-state index contributed by atoms with van der Waals surface area (Å²) in [5.74, 6) is -2.45. The van der Waals surface area contributed by atoms with Gasteiger partial charge < -0.3 is 15.2 Å². The highest BCUT2D eigenvalue weighted by molar-refractivity contribution is 6.29. The molecule has 34 heavy (non-hydrogen) atoms. The zero-order chi connectivity index (χ0) is 26.5. The van der Waals surface area contributed by atoms with Crippen molar-refractivity contribution in [1.29, 1.82) is 0 Å². The number of hydrogen-bond donors (Lipinski definition) is 2. The summed E-state index contributed by atoms with van der Waals surface area (Å²) in [5.41, 5.74) is 0.349. The van der Waals surface area contributed by atoms with Gasteiger partial charge in [0.05, 0.1) is 11.2 Å². The van der Waals surface area contributed by atoms with E-state index in [-0.39, 0.29) is 34.1 Å². The van der Waals surface area contributed by atoms with Crippen molar-refractivity contribution in [2.24, 2.45) is 0 Å². The topological polar surface area (TPSA) is 98.6 Å². The first-order valence-corrected chi connectivity index (χ1v) is 10.7. The van der Waals surface area contributed by atoms with Gasteiger partial charge in [-0.3, -0.25) is 14.5 Å². The molecule has 0 aliphatic carbocycles. The maximum absolute atomic E-state index is 15.3. The Morgan fingerprint density at radius 1 is 1.21 bits per heavy atom. The van der Waals surface area contributed by atoms with E-state index in [1.807, 2.05) is 4.90 Å². The normalized spacial score (nSPS) is 16.4. The molecule has 0 bridgehead atoms. The van der Waals surface area contributed by atoms with Crippen molar-refractivity contribution < 1.29 is 17.7 Å². The second-order valence-corrected chi connectivity index (χ2v) is 8.26. The van der Waals surface area contributed by atoms with Gasteiger partial charge in [-0.05, 0) is 18.2 Å². The second-order valence-electron chi connectivity index (χ2n) is 7.87. The van der Waals surface area contributed by atoms with Crippen LogP contribution in [0.5, 0.6) is 0 Å². The number of amides is 1. The number of pyridine rings is 1. The van der Waals surface area contributed by atoms with Crippen LogP contribution in [0, 0.1) is 11.8 Å². The van der Waals surface area contributed by atoms with Crippen LogP contribution in [0.4, 0.5) is 14.5 Å². The summed E-state index contributed by atoms with van der Waals surface area (Å²) in [4.78, 5) is 34.2. The number of carbonyl (C=O) groups is 1. The number of carbonyl (C=O) groups excluding carboxylic acids is 1. The molecule has 1 aromatic carbocycles. The van der Waals surface area contributed by atoms with Gasteiger partial charge in [0.15, 0.2) is 11.0 Å². The number of benzene rings is 1. The van der Waals surface area contributed by atoms with Crippen molar-refractivity contribution in [3.63, 3.8) is 0 Å². The molecule has 1 fully saturated rings. The van der Waals surface area contributed by atoms with Crippen LogP contribution in [0.2, 0.25) is 5.15 Å². The number of aromatic nitrogens is 4. The summed E-state index contributed by atoms with van der Waals surface area (Å²) >= 11 is 5.91. The average molecular weight is 491 g/mol. The Kier molecular flexibility index (Phi) is 4.79. The van der Waals surface area contributed by atoms with E-state index in [4.69, 9.17) is 15.7 Å². The fourth-order valence-electron chi connectivity index (χ4n) is 4.14. The number of nitrogens with zero attached hydrogens (tertiary/aromatic N) is 5. The van der Waals surface area contributed by atoms with Crippen molar-refractivity contribution in [3.8, 4) is 0 Å². The number of piperazine rings is 1. The molecule has 5 rings (SSSR count). The molecule has 3 aromatic heterocycles. The summed E-state index contributed by atoms with van der Waals surface area (Å²) in [7, 11) is 0. The highest BCUT2D eigenvalue weighted by atomic mass is 35.5. The third-order valence-electron chi connectivity index (χ3n) is 5.86. The lowest BCUT2D eigenvalue weighted by molar-refractivity contribution is 0.0957. The first kappa shape index (κ1) is 18.8.